The number of hydrogen-bond donors (Lipinski definition) is 2. The van der Waals surface area contributed by atoms with Crippen molar-refractivity contribution in [1.82, 2.24) is 5.32 Å². The van der Waals surface area contributed by atoms with E-state index in [0.717, 1.165) is 55.8 Å². The zero-order chi connectivity index (χ0) is 15.1. The van der Waals surface area contributed by atoms with Gasteiger partial charge in [0.2, 0.25) is 0 Å². The molecule has 0 spiro atoms. The van der Waals surface area contributed by atoms with Gasteiger partial charge in [-0.2, -0.15) is 0 Å². The van der Waals surface area contributed by atoms with E-state index in [-0.39, 0.29) is 5.91 Å². The minimum atomic E-state index is 0.00266. The van der Waals surface area contributed by atoms with Gasteiger partial charge in [0.1, 0.15) is 0 Å². The van der Waals surface area contributed by atoms with E-state index in [1.807, 2.05) is 25.1 Å². The first-order chi connectivity index (χ1) is 10.2. The number of rotatable bonds is 6. The van der Waals surface area contributed by atoms with Crippen molar-refractivity contribution in [2.45, 2.75) is 33.1 Å². The largest absolute Gasteiger partial charge is 0.384 e. The quantitative estimate of drug-likeness (QED) is 0.847. The van der Waals surface area contributed by atoms with E-state index >= 15 is 0 Å². The second-order valence-electron chi connectivity index (χ2n) is 5.77. The van der Waals surface area contributed by atoms with E-state index in [2.05, 4.69) is 17.6 Å². The van der Waals surface area contributed by atoms with Crippen LogP contribution in [-0.2, 0) is 4.74 Å². The predicted molar refractivity (Wildman–Crippen MR) is 85.8 cm³/mol. The molecule has 1 amide bonds. The van der Waals surface area contributed by atoms with E-state index in [0.29, 0.717) is 12.5 Å². The minimum absolute atomic E-state index is 0.00266. The Morgan fingerprint density at radius 1 is 1.43 bits per heavy atom. The Labute approximate surface area is 127 Å². The van der Waals surface area contributed by atoms with Gasteiger partial charge >= 0.3 is 0 Å². The smallest absolute Gasteiger partial charge is 0.253 e. The standard InChI is InChI=1S/C17H26N2O2/c1-3-8-18-16-7-6-13(2)10-15(16)17(20)19-11-14-5-4-9-21-12-14/h6-7,10,14,18H,3-5,8-9,11-12H2,1-2H3,(H,19,20). The highest BCUT2D eigenvalue weighted by Gasteiger charge is 2.17. The van der Waals surface area contributed by atoms with Crippen LogP contribution in [0.5, 0.6) is 0 Å². The minimum Gasteiger partial charge on any atom is -0.384 e. The van der Waals surface area contributed by atoms with Gasteiger partial charge in [-0.25, -0.2) is 0 Å². The predicted octanol–water partition coefficient (Wildman–Crippen LogP) is 2.97. The van der Waals surface area contributed by atoms with Gasteiger partial charge in [0.05, 0.1) is 12.2 Å². The lowest BCUT2D eigenvalue weighted by atomic mass is 10.0. The van der Waals surface area contributed by atoms with Crippen molar-refractivity contribution in [3.05, 3.63) is 29.3 Å². The first-order valence-corrected chi connectivity index (χ1v) is 7.91. The molecule has 116 valence electrons. The number of carbonyl (C=O) groups is 1. The SMILES string of the molecule is CCCNc1ccc(C)cc1C(=O)NCC1CCCOC1. The number of carbonyl (C=O) groups excluding carboxylic acids is 1. The lowest BCUT2D eigenvalue weighted by molar-refractivity contribution is 0.0536. The molecule has 0 radical (unpaired) electrons. The molecule has 1 heterocycles. The van der Waals surface area contributed by atoms with Crippen molar-refractivity contribution < 1.29 is 9.53 Å². The molecular formula is C17H26N2O2. The van der Waals surface area contributed by atoms with Gasteiger partial charge in [-0.3, -0.25) is 4.79 Å². The Morgan fingerprint density at radius 2 is 2.29 bits per heavy atom. The number of nitrogens with one attached hydrogen (secondary N) is 2. The number of hydrogen-bond acceptors (Lipinski definition) is 3. The molecule has 4 heteroatoms. The molecule has 21 heavy (non-hydrogen) atoms. The van der Waals surface area contributed by atoms with Crippen molar-refractivity contribution in [1.29, 1.82) is 0 Å². The van der Waals surface area contributed by atoms with Crippen LogP contribution in [0.3, 0.4) is 0 Å². The monoisotopic (exact) mass is 290 g/mol. The van der Waals surface area contributed by atoms with Crippen molar-refractivity contribution >= 4 is 11.6 Å². The van der Waals surface area contributed by atoms with Crippen LogP contribution < -0.4 is 10.6 Å². The Balaban J connectivity index is 1.97. The van der Waals surface area contributed by atoms with Gasteiger partial charge < -0.3 is 15.4 Å². The first kappa shape index (κ1) is 15.8. The van der Waals surface area contributed by atoms with Gasteiger partial charge in [-0.15, -0.1) is 0 Å². The summed E-state index contributed by atoms with van der Waals surface area (Å²) in [6, 6.07) is 5.97. The zero-order valence-corrected chi connectivity index (χ0v) is 13.1. The highest BCUT2D eigenvalue weighted by atomic mass is 16.5. The van der Waals surface area contributed by atoms with Crippen LogP contribution in [0.4, 0.5) is 5.69 Å². The molecule has 1 aromatic rings. The van der Waals surface area contributed by atoms with E-state index in [9.17, 15) is 4.79 Å². The molecule has 0 aromatic heterocycles. The summed E-state index contributed by atoms with van der Waals surface area (Å²) >= 11 is 0. The number of benzene rings is 1. The average molecular weight is 290 g/mol. The van der Waals surface area contributed by atoms with E-state index in [1.165, 1.54) is 0 Å². The summed E-state index contributed by atoms with van der Waals surface area (Å²) in [6.07, 6.45) is 3.26. The second kappa shape index (κ2) is 8.03. The number of aryl methyl sites for hydroxylation is 1. The molecule has 2 N–H and O–H groups in total. The van der Waals surface area contributed by atoms with Crippen LogP contribution in [0.2, 0.25) is 0 Å². The van der Waals surface area contributed by atoms with Gasteiger partial charge in [0.15, 0.2) is 0 Å². The van der Waals surface area contributed by atoms with Crippen LogP contribution in [0.25, 0.3) is 0 Å². The van der Waals surface area contributed by atoms with Gasteiger partial charge in [0.25, 0.3) is 5.91 Å². The van der Waals surface area contributed by atoms with E-state index < -0.39 is 0 Å². The third kappa shape index (κ3) is 4.74. The van der Waals surface area contributed by atoms with Crippen molar-refractivity contribution in [2.24, 2.45) is 5.92 Å². The van der Waals surface area contributed by atoms with Crippen molar-refractivity contribution in [3.8, 4) is 0 Å². The number of amides is 1. The Morgan fingerprint density at radius 3 is 3.00 bits per heavy atom. The van der Waals surface area contributed by atoms with Crippen molar-refractivity contribution in [3.63, 3.8) is 0 Å². The van der Waals surface area contributed by atoms with E-state index in [1.54, 1.807) is 0 Å². The lowest BCUT2D eigenvalue weighted by Gasteiger charge is -2.22. The van der Waals surface area contributed by atoms with Crippen LogP contribution in [-0.4, -0.2) is 32.2 Å². The summed E-state index contributed by atoms with van der Waals surface area (Å²) in [7, 11) is 0. The lowest BCUT2D eigenvalue weighted by Crippen LogP contribution is -2.33. The molecule has 4 nitrogen and oxygen atoms in total. The number of ether oxygens (including phenoxy) is 1. The highest BCUT2D eigenvalue weighted by Crippen LogP contribution is 2.18. The molecule has 1 aliphatic rings. The summed E-state index contributed by atoms with van der Waals surface area (Å²) in [6.45, 7) is 7.31. The fourth-order valence-electron chi connectivity index (χ4n) is 2.56. The molecule has 0 saturated carbocycles. The van der Waals surface area contributed by atoms with Crippen molar-refractivity contribution in [2.75, 3.05) is 31.6 Å². The van der Waals surface area contributed by atoms with Gasteiger partial charge in [0, 0.05) is 25.4 Å². The van der Waals surface area contributed by atoms with Crippen LogP contribution in [0, 0.1) is 12.8 Å². The third-order valence-corrected chi connectivity index (χ3v) is 3.79. The molecule has 1 atom stereocenters. The molecule has 0 bridgehead atoms. The molecule has 1 unspecified atom stereocenters. The Hall–Kier alpha value is -1.55. The molecule has 1 aromatic carbocycles. The molecular weight excluding hydrogens is 264 g/mol. The molecule has 1 saturated heterocycles. The van der Waals surface area contributed by atoms with E-state index in [4.69, 9.17) is 4.74 Å². The normalized spacial score (nSPS) is 18.3. The maximum absolute atomic E-state index is 12.4. The Kier molecular flexibility index (Phi) is 6.05. The highest BCUT2D eigenvalue weighted by molar-refractivity contribution is 5.99. The van der Waals surface area contributed by atoms with Gasteiger partial charge in [-0.05, 0) is 44.2 Å². The summed E-state index contributed by atoms with van der Waals surface area (Å²) in [5.41, 5.74) is 2.75. The third-order valence-electron chi connectivity index (χ3n) is 3.79. The zero-order valence-electron chi connectivity index (χ0n) is 13.1. The summed E-state index contributed by atoms with van der Waals surface area (Å²) in [5, 5.41) is 6.38. The fourth-order valence-corrected chi connectivity index (χ4v) is 2.56. The average Bonchev–Trinajstić information content (AvgIpc) is 2.52. The molecule has 1 fully saturated rings. The summed E-state index contributed by atoms with van der Waals surface area (Å²) in [4.78, 5) is 12.4. The topological polar surface area (TPSA) is 50.4 Å². The summed E-state index contributed by atoms with van der Waals surface area (Å²) in [5.74, 6) is 0.447. The molecule has 1 aliphatic heterocycles. The fraction of sp³-hybridized carbons (Fsp3) is 0.588. The van der Waals surface area contributed by atoms with Gasteiger partial charge in [-0.1, -0.05) is 18.6 Å². The number of anilines is 1. The molecule has 0 aliphatic carbocycles. The van der Waals surface area contributed by atoms with Crippen LogP contribution >= 0.6 is 0 Å². The molecule has 2 rings (SSSR count). The van der Waals surface area contributed by atoms with Crippen LogP contribution in [0.15, 0.2) is 18.2 Å². The summed E-state index contributed by atoms with van der Waals surface area (Å²) < 4.78 is 5.45. The first-order valence-electron chi connectivity index (χ1n) is 7.91. The maximum Gasteiger partial charge on any atom is 0.253 e. The maximum atomic E-state index is 12.4. The second-order valence-corrected chi connectivity index (χ2v) is 5.77. The van der Waals surface area contributed by atoms with Crippen LogP contribution in [0.1, 0.15) is 42.1 Å². The Bertz CT molecular complexity index is 468.